The van der Waals surface area contributed by atoms with Crippen molar-refractivity contribution < 1.29 is 5.11 Å². The van der Waals surface area contributed by atoms with E-state index >= 15 is 0 Å². The molecule has 0 aliphatic heterocycles. The zero-order chi connectivity index (χ0) is 5.70. The molecule has 0 aromatic heterocycles. The Balaban J connectivity index is 2.83. The van der Waals surface area contributed by atoms with Crippen molar-refractivity contribution >= 4 is 0 Å². The monoisotopic (exact) mass is 101 g/mol. The second kappa shape index (κ2) is 4.13. The van der Waals surface area contributed by atoms with Gasteiger partial charge >= 0.3 is 0 Å². The lowest BCUT2D eigenvalue weighted by molar-refractivity contribution is 0.316. The van der Waals surface area contributed by atoms with Gasteiger partial charge < -0.3 is 5.11 Å². The topological polar surface area (TPSA) is 20.2 Å². The van der Waals surface area contributed by atoms with Crippen molar-refractivity contribution in [3.63, 3.8) is 0 Å². The summed E-state index contributed by atoms with van der Waals surface area (Å²) < 4.78 is 0. The lowest BCUT2D eigenvalue weighted by atomic mass is 10.1. The fourth-order valence-corrected chi connectivity index (χ4v) is 0.530. The third-order valence-electron chi connectivity index (χ3n) is 0.998. The molecule has 0 saturated carbocycles. The zero-order valence-corrected chi connectivity index (χ0v) is 5.02. The van der Waals surface area contributed by atoms with Gasteiger partial charge in [-0.25, -0.2) is 6.61 Å². The predicted octanol–water partition coefficient (Wildman–Crippen LogP) is 1.96. The highest BCUT2D eigenvalue weighted by Crippen LogP contribution is 2.04. The molecular formula is C6H13O-. The first-order valence-electron chi connectivity index (χ1n) is 2.78. The van der Waals surface area contributed by atoms with Crippen LogP contribution in [0.2, 0.25) is 0 Å². The Morgan fingerprint density at radius 3 is 2.43 bits per heavy atom. The van der Waals surface area contributed by atoms with E-state index in [-0.39, 0.29) is 0 Å². The molecule has 0 aliphatic carbocycles. The highest BCUT2D eigenvalue weighted by molar-refractivity contribution is 4.57. The molecule has 0 spiro atoms. The fraction of sp³-hybridized carbons (Fsp3) is 0.833. The molecule has 0 rings (SSSR count). The number of hydrogen-bond acceptors (Lipinski definition) is 1. The van der Waals surface area contributed by atoms with Crippen molar-refractivity contribution in [1.82, 2.24) is 0 Å². The van der Waals surface area contributed by atoms with E-state index in [1.165, 1.54) is 6.61 Å². The summed E-state index contributed by atoms with van der Waals surface area (Å²) in [6, 6.07) is 0. The van der Waals surface area contributed by atoms with Gasteiger partial charge in [0.15, 0.2) is 0 Å². The van der Waals surface area contributed by atoms with Gasteiger partial charge in [-0.1, -0.05) is 26.7 Å². The number of aliphatic hydroxyl groups excluding tert-OH is 1. The van der Waals surface area contributed by atoms with Gasteiger partial charge in [-0.3, -0.25) is 0 Å². The minimum atomic E-state index is 0.380. The van der Waals surface area contributed by atoms with Crippen molar-refractivity contribution in [3.8, 4) is 0 Å². The summed E-state index contributed by atoms with van der Waals surface area (Å²) in [4.78, 5) is 0. The first-order chi connectivity index (χ1) is 3.31. The lowest BCUT2D eigenvalue weighted by Gasteiger charge is -2.13. The van der Waals surface area contributed by atoms with E-state index in [0.717, 1.165) is 12.8 Å². The van der Waals surface area contributed by atoms with Gasteiger partial charge in [0.25, 0.3) is 0 Å². The number of aliphatic hydroxyl groups is 1. The minimum absolute atomic E-state index is 0.380. The Hall–Kier alpha value is -0.0400. The molecule has 0 heterocycles. The Kier molecular flexibility index (Phi) is 4.10. The Labute approximate surface area is 45.4 Å². The van der Waals surface area contributed by atoms with Gasteiger partial charge in [0.1, 0.15) is 0 Å². The van der Waals surface area contributed by atoms with Crippen molar-refractivity contribution in [1.29, 1.82) is 0 Å². The third kappa shape index (κ3) is 3.80. The molecule has 0 amide bonds. The predicted molar refractivity (Wildman–Crippen MR) is 30.3 cm³/mol. The van der Waals surface area contributed by atoms with Crippen LogP contribution in [0.5, 0.6) is 0 Å². The molecule has 1 nitrogen and oxygen atoms in total. The maximum atomic E-state index is 8.34. The van der Waals surface area contributed by atoms with E-state index in [9.17, 15) is 0 Å². The molecule has 0 bridgehead atoms. The standard InChI is InChI=1S/C6H13O/c1-3-4-6(2)5-7/h5-7H,3-4H2,1-2H3/q-1. The van der Waals surface area contributed by atoms with E-state index in [1.807, 2.05) is 6.92 Å². The van der Waals surface area contributed by atoms with Crippen LogP contribution in [-0.4, -0.2) is 5.11 Å². The highest BCUT2D eigenvalue weighted by Gasteiger charge is 1.84. The minimum Gasteiger partial charge on any atom is -0.566 e. The largest absolute Gasteiger partial charge is 0.566 e. The van der Waals surface area contributed by atoms with E-state index in [2.05, 4.69) is 6.92 Å². The van der Waals surface area contributed by atoms with Crippen molar-refractivity contribution in [2.45, 2.75) is 26.7 Å². The van der Waals surface area contributed by atoms with Crippen LogP contribution in [0.3, 0.4) is 0 Å². The van der Waals surface area contributed by atoms with Crippen LogP contribution >= 0.6 is 0 Å². The molecule has 0 aromatic rings. The van der Waals surface area contributed by atoms with Gasteiger partial charge in [0.2, 0.25) is 0 Å². The number of hydrogen-bond donors (Lipinski definition) is 1. The summed E-state index contributed by atoms with van der Waals surface area (Å²) in [7, 11) is 0. The molecule has 1 N–H and O–H groups in total. The lowest BCUT2D eigenvalue weighted by Crippen LogP contribution is -1.91. The van der Waals surface area contributed by atoms with Crippen LogP contribution in [0.25, 0.3) is 0 Å². The molecular weight excluding hydrogens is 88.1 g/mol. The second-order valence-corrected chi connectivity index (χ2v) is 1.92. The third-order valence-corrected chi connectivity index (χ3v) is 0.998. The van der Waals surface area contributed by atoms with Crippen LogP contribution in [0.4, 0.5) is 0 Å². The maximum absolute atomic E-state index is 8.34. The molecule has 0 fully saturated rings. The smallest absolute Gasteiger partial charge is 0.0583 e. The fourth-order valence-electron chi connectivity index (χ4n) is 0.530. The van der Waals surface area contributed by atoms with Crippen LogP contribution in [0.15, 0.2) is 0 Å². The van der Waals surface area contributed by atoms with Gasteiger partial charge in [0.05, 0.1) is 0 Å². The molecule has 7 heavy (non-hydrogen) atoms. The summed E-state index contributed by atoms with van der Waals surface area (Å²) in [6.07, 6.45) is 2.24. The zero-order valence-electron chi connectivity index (χ0n) is 5.02. The van der Waals surface area contributed by atoms with Crippen LogP contribution < -0.4 is 0 Å². The van der Waals surface area contributed by atoms with Gasteiger partial charge in [-0.2, -0.15) is 0 Å². The Morgan fingerprint density at radius 1 is 1.71 bits per heavy atom. The van der Waals surface area contributed by atoms with E-state index in [0.29, 0.717) is 5.92 Å². The normalized spacial score (nSPS) is 14.1. The van der Waals surface area contributed by atoms with E-state index in [4.69, 9.17) is 5.11 Å². The summed E-state index contributed by atoms with van der Waals surface area (Å²) in [5.74, 6) is 0.380. The molecule has 0 radical (unpaired) electrons. The maximum Gasteiger partial charge on any atom is -0.0583 e. The summed E-state index contributed by atoms with van der Waals surface area (Å²) in [5, 5.41) is 8.34. The van der Waals surface area contributed by atoms with Gasteiger partial charge in [0, 0.05) is 0 Å². The quantitative estimate of drug-likeness (QED) is 0.539. The van der Waals surface area contributed by atoms with Gasteiger partial charge in [-0.05, 0) is 0 Å². The second-order valence-electron chi connectivity index (χ2n) is 1.92. The van der Waals surface area contributed by atoms with Crippen molar-refractivity contribution in [2.75, 3.05) is 0 Å². The molecule has 0 aliphatic rings. The highest BCUT2D eigenvalue weighted by atomic mass is 16.3. The SMILES string of the molecule is CCCC(C)[CH-]O. The van der Waals surface area contributed by atoms with Crippen molar-refractivity contribution in [2.24, 2.45) is 5.92 Å². The summed E-state index contributed by atoms with van der Waals surface area (Å²) in [5.41, 5.74) is 0. The molecule has 0 saturated heterocycles. The molecule has 0 aromatic carbocycles. The molecule has 1 heteroatoms. The average molecular weight is 101 g/mol. The first kappa shape index (κ1) is 6.96. The summed E-state index contributed by atoms with van der Waals surface area (Å²) >= 11 is 0. The Bertz CT molecular complexity index is 35.2. The molecule has 1 unspecified atom stereocenters. The van der Waals surface area contributed by atoms with Gasteiger partial charge in [-0.15, -0.1) is 5.92 Å². The van der Waals surface area contributed by atoms with Crippen LogP contribution in [0.1, 0.15) is 26.7 Å². The average Bonchev–Trinajstić information content (AvgIpc) is 1.68. The van der Waals surface area contributed by atoms with Crippen LogP contribution in [-0.2, 0) is 0 Å². The number of rotatable bonds is 3. The Morgan fingerprint density at radius 2 is 2.29 bits per heavy atom. The molecule has 44 valence electrons. The van der Waals surface area contributed by atoms with Crippen LogP contribution in [0, 0.1) is 12.5 Å². The van der Waals surface area contributed by atoms with E-state index in [1.54, 1.807) is 0 Å². The molecule has 1 atom stereocenters. The summed E-state index contributed by atoms with van der Waals surface area (Å²) in [6.45, 7) is 5.37. The first-order valence-corrected chi connectivity index (χ1v) is 2.78. The van der Waals surface area contributed by atoms with E-state index < -0.39 is 0 Å². The van der Waals surface area contributed by atoms with Crippen molar-refractivity contribution in [3.05, 3.63) is 6.61 Å².